The van der Waals surface area contributed by atoms with Gasteiger partial charge in [-0.15, -0.1) is 0 Å². The first kappa shape index (κ1) is 18.2. The third-order valence-corrected chi connectivity index (χ3v) is 5.34. The van der Waals surface area contributed by atoms with Crippen molar-refractivity contribution in [2.45, 2.75) is 19.8 Å². The molecule has 140 valence electrons. The van der Waals surface area contributed by atoms with Crippen molar-refractivity contribution in [2.24, 2.45) is 0 Å². The standard InChI is InChI=1S/C25H25N3/c1-17-10-12-22(26-14-17)24-19(3)25(23-13-11-18(2)15-27-23)21(24)16-28(4)20-8-6-5-7-9-20/h5-15,24H,3,16H2,1-2,4H3. The van der Waals surface area contributed by atoms with E-state index < -0.39 is 0 Å². The van der Waals surface area contributed by atoms with Crippen molar-refractivity contribution in [1.82, 2.24) is 9.97 Å². The minimum atomic E-state index is 0.143. The minimum absolute atomic E-state index is 0.143. The maximum Gasteiger partial charge on any atom is 0.0705 e. The summed E-state index contributed by atoms with van der Waals surface area (Å²) in [5.74, 6) is 0.143. The summed E-state index contributed by atoms with van der Waals surface area (Å²) in [4.78, 5) is 11.6. The van der Waals surface area contributed by atoms with Crippen LogP contribution in [-0.2, 0) is 0 Å². The maximum atomic E-state index is 4.69. The number of nitrogens with zero attached hydrogens (tertiary/aromatic N) is 3. The summed E-state index contributed by atoms with van der Waals surface area (Å²) in [6, 6.07) is 18.9. The second-order valence-corrected chi connectivity index (χ2v) is 7.53. The Bertz CT molecular complexity index is 1020. The molecule has 0 N–H and O–H groups in total. The number of hydrogen-bond acceptors (Lipinski definition) is 3. The van der Waals surface area contributed by atoms with Gasteiger partial charge in [0, 0.05) is 43.2 Å². The monoisotopic (exact) mass is 367 g/mol. The Hall–Kier alpha value is -3.20. The molecular weight excluding hydrogens is 342 g/mol. The van der Waals surface area contributed by atoms with Gasteiger partial charge < -0.3 is 4.90 Å². The van der Waals surface area contributed by atoms with Crippen molar-refractivity contribution in [3.05, 3.63) is 107 Å². The molecule has 0 aliphatic heterocycles. The fourth-order valence-electron chi connectivity index (χ4n) is 3.78. The first-order chi connectivity index (χ1) is 13.5. The van der Waals surface area contributed by atoms with E-state index in [0.29, 0.717) is 0 Å². The summed E-state index contributed by atoms with van der Waals surface area (Å²) >= 11 is 0. The number of likely N-dealkylation sites (N-methyl/N-ethyl adjacent to an activating group) is 1. The molecule has 3 nitrogen and oxygen atoms in total. The molecule has 1 unspecified atom stereocenters. The quantitative estimate of drug-likeness (QED) is 0.610. The first-order valence-electron chi connectivity index (χ1n) is 9.58. The van der Waals surface area contributed by atoms with Crippen molar-refractivity contribution < 1.29 is 0 Å². The van der Waals surface area contributed by atoms with Gasteiger partial charge in [0.2, 0.25) is 0 Å². The maximum absolute atomic E-state index is 4.69. The lowest BCUT2D eigenvalue weighted by Crippen LogP contribution is -2.30. The van der Waals surface area contributed by atoms with E-state index in [9.17, 15) is 0 Å². The van der Waals surface area contributed by atoms with Crippen LogP contribution in [0.1, 0.15) is 28.4 Å². The van der Waals surface area contributed by atoms with Gasteiger partial charge in [0.05, 0.1) is 11.4 Å². The smallest absolute Gasteiger partial charge is 0.0705 e. The highest BCUT2D eigenvalue weighted by Gasteiger charge is 2.37. The first-order valence-corrected chi connectivity index (χ1v) is 9.58. The Balaban J connectivity index is 1.74. The SMILES string of the molecule is C=C1C(c2ccc(C)cn2)=C(CN(C)c2ccccc2)C1c1ccc(C)cn1. The molecule has 0 fully saturated rings. The molecule has 1 aliphatic rings. The Kier molecular flexibility index (Phi) is 4.82. The van der Waals surface area contributed by atoms with Crippen LogP contribution in [-0.4, -0.2) is 23.6 Å². The number of allylic oxidation sites excluding steroid dienone is 2. The molecule has 1 atom stereocenters. The van der Waals surface area contributed by atoms with E-state index in [1.165, 1.54) is 22.4 Å². The van der Waals surface area contributed by atoms with Crippen LogP contribution >= 0.6 is 0 Å². The second-order valence-electron chi connectivity index (χ2n) is 7.53. The van der Waals surface area contributed by atoms with Gasteiger partial charge in [0.25, 0.3) is 0 Å². The summed E-state index contributed by atoms with van der Waals surface area (Å²) in [6.45, 7) is 9.33. The summed E-state index contributed by atoms with van der Waals surface area (Å²) < 4.78 is 0. The van der Waals surface area contributed by atoms with Gasteiger partial charge in [-0.2, -0.15) is 0 Å². The van der Waals surface area contributed by atoms with Gasteiger partial charge in [0.1, 0.15) is 0 Å². The number of pyridine rings is 2. The zero-order valence-electron chi connectivity index (χ0n) is 16.7. The Morgan fingerprint density at radius 1 is 0.893 bits per heavy atom. The summed E-state index contributed by atoms with van der Waals surface area (Å²) in [5, 5.41) is 0. The van der Waals surface area contributed by atoms with Crippen LogP contribution in [0.4, 0.5) is 5.69 Å². The fourth-order valence-corrected chi connectivity index (χ4v) is 3.78. The minimum Gasteiger partial charge on any atom is -0.371 e. The topological polar surface area (TPSA) is 29.0 Å². The van der Waals surface area contributed by atoms with Crippen molar-refractivity contribution in [3.8, 4) is 0 Å². The Labute approximate surface area is 167 Å². The lowest BCUT2D eigenvalue weighted by atomic mass is 9.69. The molecule has 2 heterocycles. The van der Waals surface area contributed by atoms with Gasteiger partial charge >= 0.3 is 0 Å². The van der Waals surface area contributed by atoms with Gasteiger partial charge in [0.15, 0.2) is 0 Å². The lowest BCUT2D eigenvalue weighted by Gasteiger charge is -2.38. The average molecular weight is 367 g/mol. The van der Waals surface area contributed by atoms with Crippen molar-refractivity contribution in [1.29, 1.82) is 0 Å². The molecule has 0 saturated heterocycles. The van der Waals surface area contributed by atoms with E-state index in [4.69, 9.17) is 0 Å². The van der Waals surface area contributed by atoms with Crippen LogP contribution in [0.15, 0.2) is 84.7 Å². The van der Waals surface area contributed by atoms with Gasteiger partial charge in [-0.1, -0.05) is 36.9 Å². The highest BCUT2D eigenvalue weighted by atomic mass is 15.1. The Morgan fingerprint density at radius 3 is 2.18 bits per heavy atom. The largest absolute Gasteiger partial charge is 0.371 e. The molecule has 3 aromatic rings. The fraction of sp³-hybridized carbons (Fsp3) is 0.200. The third-order valence-electron chi connectivity index (χ3n) is 5.34. The van der Waals surface area contributed by atoms with Crippen LogP contribution in [0, 0.1) is 13.8 Å². The molecule has 0 bridgehead atoms. The van der Waals surface area contributed by atoms with E-state index in [1.54, 1.807) is 0 Å². The Morgan fingerprint density at radius 2 is 1.57 bits per heavy atom. The molecule has 0 saturated carbocycles. The highest BCUT2D eigenvalue weighted by molar-refractivity contribution is 5.91. The van der Waals surface area contributed by atoms with Crippen LogP contribution in [0.3, 0.4) is 0 Å². The van der Waals surface area contributed by atoms with E-state index in [2.05, 4.69) is 90.9 Å². The molecule has 1 aromatic carbocycles. The lowest BCUT2D eigenvalue weighted by molar-refractivity contribution is 0.797. The highest BCUT2D eigenvalue weighted by Crippen LogP contribution is 2.50. The zero-order valence-corrected chi connectivity index (χ0v) is 16.7. The zero-order chi connectivity index (χ0) is 19.7. The number of benzene rings is 1. The predicted molar refractivity (Wildman–Crippen MR) is 116 cm³/mol. The molecule has 4 rings (SSSR count). The van der Waals surface area contributed by atoms with Crippen LogP contribution in [0.25, 0.3) is 5.57 Å². The molecule has 0 spiro atoms. The molecular formula is C25H25N3. The van der Waals surface area contributed by atoms with Gasteiger partial charge in [-0.3, -0.25) is 9.97 Å². The summed E-state index contributed by atoms with van der Waals surface area (Å²) in [7, 11) is 2.13. The van der Waals surface area contributed by atoms with Crippen LogP contribution in [0.2, 0.25) is 0 Å². The average Bonchev–Trinajstić information content (AvgIpc) is 2.71. The third kappa shape index (κ3) is 3.36. The number of para-hydroxylation sites is 1. The van der Waals surface area contributed by atoms with Crippen molar-refractivity contribution in [3.63, 3.8) is 0 Å². The molecule has 0 radical (unpaired) electrons. The van der Waals surface area contributed by atoms with Crippen LogP contribution < -0.4 is 4.90 Å². The van der Waals surface area contributed by atoms with E-state index >= 15 is 0 Å². The van der Waals surface area contributed by atoms with E-state index in [-0.39, 0.29) is 5.92 Å². The van der Waals surface area contributed by atoms with Gasteiger partial charge in [-0.05, 0) is 60.4 Å². The van der Waals surface area contributed by atoms with E-state index in [0.717, 1.165) is 29.1 Å². The number of anilines is 1. The van der Waals surface area contributed by atoms with E-state index in [1.807, 2.05) is 18.5 Å². The molecule has 28 heavy (non-hydrogen) atoms. The van der Waals surface area contributed by atoms with Crippen molar-refractivity contribution in [2.75, 3.05) is 18.5 Å². The molecule has 3 heteroatoms. The van der Waals surface area contributed by atoms with Crippen molar-refractivity contribution >= 4 is 11.3 Å². The number of aryl methyl sites for hydroxylation is 2. The number of rotatable bonds is 5. The number of aromatic nitrogens is 2. The molecule has 0 amide bonds. The normalized spacial score (nSPS) is 16.1. The van der Waals surface area contributed by atoms with Gasteiger partial charge in [-0.25, -0.2) is 0 Å². The summed E-state index contributed by atoms with van der Waals surface area (Å²) in [6.07, 6.45) is 3.86. The number of hydrogen-bond donors (Lipinski definition) is 0. The predicted octanol–water partition coefficient (Wildman–Crippen LogP) is 5.34. The molecule has 1 aliphatic carbocycles. The second kappa shape index (κ2) is 7.43. The van der Waals surface area contributed by atoms with Crippen LogP contribution in [0.5, 0.6) is 0 Å². The summed E-state index contributed by atoms with van der Waals surface area (Å²) in [5.41, 5.74) is 9.18. The molecule has 2 aromatic heterocycles.